The van der Waals surface area contributed by atoms with E-state index in [9.17, 15) is 9.59 Å². The summed E-state index contributed by atoms with van der Waals surface area (Å²) in [4.78, 5) is 28.6. The number of hydrogen-bond acceptors (Lipinski definition) is 5. The highest BCUT2D eigenvalue weighted by atomic mass is 16.5. The lowest BCUT2D eigenvalue weighted by Crippen LogP contribution is -2.50. The van der Waals surface area contributed by atoms with E-state index in [1.807, 2.05) is 41.8 Å². The van der Waals surface area contributed by atoms with E-state index in [2.05, 4.69) is 10.5 Å². The fourth-order valence-corrected chi connectivity index (χ4v) is 2.98. The number of amides is 2. The first kappa shape index (κ1) is 18.1. The maximum atomic E-state index is 12.6. The summed E-state index contributed by atoms with van der Waals surface area (Å²) in [5, 5.41) is 6.47. The highest BCUT2D eigenvalue weighted by molar-refractivity contribution is 5.94. The van der Waals surface area contributed by atoms with Gasteiger partial charge in [-0.25, -0.2) is 0 Å². The monoisotopic (exact) mass is 356 g/mol. The normalized spacial score (nSPS) is 15.1. The largest absolute Gasteiger partial charge is 0.360 e. The molecule has 0 radical (unpaired) electrons. The summed E-state index contributed by atoms with van der Waals surface area (Å²) >= 11 is 0. The van der Waals surface area contributed by atoms with Crippen LogP contribution in [-0.4, -0.2) is 59.5 Å². The van der Waals surface area contributed by atoms with Gasteiger partial charge < -0.3 is 14.7 Å². The van der Waals surface area contributed by atoms with Gasteiger partial charge in [-0.15, -0.1) is 0 Å². The molecule has 0 atom stereocenters. The third-order valence-corrected chi connectivity index (χ3v) is 4.68. The number of piperazine rings is 1. The first-order valence-corrected chi connectivity index (χ1v) is 8.74. The Labute approximate surface area is 152 Å². The van der Waals surface area contributed by atoms with Gasteiger partial charge in [0, 0.05) is 37.8 Å². The SMILES string of the molecule is Cc1cc(NC(=O)CN2CCN(C(=O)c3ccc(C)c(C)c3)CC2)no1. The molecule has 0 spiro atoms. The average molecular weight is 356 g/mol. The Morgan fingerprint density at radius 3 is 2.42 bits per heavy atom. The van der Waals surface area contributed by atoms with Crippen LogP contribution in [0.25, 0.3) is 0 Å². The molecule has 7 heteroatoms. The molecule has 1 aliphatic heterocycles. The van der Waals surface area contributed by atoms with E-state index >= 15 is 0 Å². The molecule has 0 aliphatic carbocycles. The zero-order chi connectivity index (χ0) is 18.7. The van der Waals surface area contributed by atoms with Crippen LogP contribution < -0.4 is 5.32 Å². The molecule has 1 aromatic carbocycles. The minimum Gasteiger partial charge on any atom is -0.360 e. The summed E-state index contributed by atoms with van der Waals surface area (Å²) in [5.74, 6) is 0.998. The summed E-state index contributed by atoms with van der Waals surface area (Å²) < 4.78 is 4.93. The summed E-state index contributed by atoms with van der Waals surface area (Å²) in [6.45, 7) is 8.66. The summed E-state index contributed by atoms with van der Waals surface area (Å²) in [7, 11) is 0. The van der Waals surface area contributed by atoms with Gasteiger partial charge in [-0.1, -0.05) is 11.2 Å². The van der Waals surface area contributed by atoms with Gasteiger partial charge in [-0.2, -0.15) is 0 Å². The third-order valence-electron chi connectivity index (χ3n) is 4.68. The molecule has 2 aromatic rings. The first-order chi connectivity index (χ1) is 12.4. The molecule has 0 bridgehead atoms. The molecule has 1 N–H and O–H groups in total. The molecule has 1 aliphatic rings. The number of aryl methyl sites for hydroxylation is 3. The fraction of sp³-hybridized carbons (Fsp3) is 0.421. The minimum atomic E-state index is -0.132. The summed E-state index contributed by atoms with van der Waals surface area (Å²) in [6.07, 6.45) is 0. The zero-order valence-corrected chi connectivity index (χ0v) is 15.4. The van der Waals surface area contributed by atoms with E-state index in [-0.39, 0.29) is 18.4 Å². The molecular weight excluding hydrogens is 332 g/mol. The topological polar surface area (TPSA) is 78.7 Å². The number of rotatable bonds is 4. The molecule has 1 fully saturated rings. The van der Waals surface area contributed by atoms with Crippen molar-refractivity contribution in [3.8, 4) is 0 Å². The van der Waals surface area contributed by atoms with Gasteiger partial charge in [0.15, 0.2) is 5.82 Å². The van der Waals surface area contributed by atoms with Crippen molar-refractivity contribution >= 4 is 17.6 Å². The third kappa shape index (κ3) is 4.29. The van der Waals surface area contributed by atoms with Gasteiger partial charge in [-0.05, 0) is 44.0 Å². The molecule has 0 saturated carbocycles. The number of nitrogens with one attached hydrogen (secondary N) is 1. The lowest BCUT2D eigenvalue weighted by molar-refractivity contribution is -0.117. The van der Waals surface area contributed by atoms with Crippen LogP contribution in [0.2, 0.25) is 0 Å². The van der Waals surface area contributed by atoms with Crippen LogP contribution in [0.4, 0.5) is 5.82 Å². The number of aromatic nitrogens is 1. The summed E-state index contributed by atoms with van der Waals surface area (Å²) in [6, 6.07) is 7.48. The fourth-order valence-electron chi connectivity index (χ4n) is 2.98. The van der Waals surface area contributed by atoms with Crippen molar-refractivity contribution in [1.82, 2.24) is 15.0 Å². The van der Waals surface area contributed by atoms with E-state index < -0.39 is 0 Å². The van der Waals surface area contributed by atoms with Crippen molar-refractivity contribution in [3.63, 3.8) is 0 Å². The predicted octanol–water partition coefficient (Wildman–Crippen LogP) is 2.00. The van der Waals surface area contributed by atoms with Crippen LogP contribution in [0, 0.1) is 20.8 Å². The van der Waals surface area contributed by atoms with Crippen molar-refractivity contribution in [2.45, 2.75) is 20.8 Å². The quantitative estimate of drug-likeness (QED) is 0.906. The number of hydrogen-bond donors (Lipinski definition) is 1. The summed E-state index contributed by atoms with van der Waals surface area (Å²) in [5.41, 5.74) is 3.02. The van der Waals surface area contributed by atoms with Crippen LogP contribution in [-0.2, 0) is 4.79 Å². The van der Waals surface area contributed by atoms with E-state index in [0.717, 1.165) is 11.1 Å². The van der Waals surface area contributed by atoms with Gasteiger partial charge in [0.25, 0.3) is 5.91 Å². The molecule has 1 saturated heterocycles. The highest BCUT2D eigenvalue weighted by Crippen LogP contribution is 2.14. The Balaban J connectivity index is 1.49. The van der Waals surface area contributed by atoms with Gasteiger partial charge in [0.2, 0.25) is 5.91 Å². The number of benzene rings is 1. The van der Waals surface area contributed by atoms with E-state index in [0.29, 0.717) is 37.8 Å². The Hall–Kier alpha value is -2.67. The van der Waals surface area contributed by atoms with E-state index in [1.54, 1.807) is 13.0 Å². The second kappa shape index (κ2) is 7.70. The maximum Gasteiger partial charge on any atom is 0.253 e. The van der Waals surface area contributed by atoms with Crippen molar-refractivity contribution in [2.24, 2.45) is 0 Å². The molecule has 26 heavy (non-hydrogen) atoms. The molecule has 1 aromatic heterocycles. The zero-order valence-electron chi connectivity index (χ0n) is 15.4. The Bertz CT molecular complexity index is 807. The van der Waals surface area contributed by atoms with Gasteiger partial charge in [0.05, 0.1) is 6.54 Å². The molecule has 7 nitrogen and oxygen atoms in total. The standard InChI is InChI=1S/C19H24N4O3/c1-13-4-5-16(10-14(13)2)19(25)23-8-6-22(7-9-23)12-18(24)20-17-11-15(3)26-21-17/h4-5,10-11H,6-9,12H2,1-3H3,(H,20,21,24). The number of carbonyl (C=O) groups is 2. The second-order valence-corrected chi connectivity index (χ2v) is 6.74. The highest BCUT2D eigenvalue weighted by Gasteiger charge is 2.23. The first-order valence-electron chi connectivity index (χ1n) is 8.74. The van der Waals surface area contributed by atoms with Crippen molar-refractivity contribution in [1.29, 1.82) is 0 Å². The number of nitrogens with zero attached hydrogens (tertiary/aromatic N) is 3. The van der Waals surface area contributed by atoms with E-state index in [1.165, 1.54) is 5.56 Å². The molecule has 138 valence electrons. The molecule has 2 heterocycles. The van der Waals surface area contributed by atoms with Crippen molar-refractivity contribution < 1.29 is 14.1 Å². The van der Waals surface area contributed by atoms with Crippen molar-refractivity contribution in [3.05, 3.63) is 46.7 Å². The van der Waals surface area contributed by atoms with Crippen molar-refractivity contribution in [2.75, 3.05) is 38.0 Å². The minimum absolute atomic E-state index is 0.0512. The molecule has 0 unspecified atom stereocenters. The van der Waals surface area contributed by atoms with Crippen LogP contribution in [0.3, 0.4) is 0 Å². The van der Waals surface area contributed by atoms with Crippen LogP contribution >= 0.6 is 0 Å². The molecule has 2 amide bonds. The number of carbonyl (C=O) groups excluding carboxylic acids is 2. The Morgan fingerprint density at radius 2 is 1.81 bits per heavy atom. The van der Waals surface area contributed by atoms with Gasteiger partial charge >= 0.3 is 0 Å². The lowest BCUT2D eigenvalue weighted by Gasteiger charge is -2.34. The average Bonchev–Trinajstić information content (AvgIpc) is 3.02. The van der Waals surface area contributed by atoms with Crippen LogP contribution in [0.5, 0.6) is 0 Å². The van der Waals surface area contributed by atoms with Crippen LogP contribution in [0.15, 0.2) is 28.8 Å². The maximum absolute atomic E-state index is 12.6. The Morgan fingerprint density at radius 1 is 1.08 bits per heavy atom. The van der Waals surface area contributed by atoms with E-state index in [4.69, 9.17) is 4.52 Å². The van der Waals surface area contributed by atoms with Crippen LogP contribution in [0.1, 0.15) is 27.2 Å². The number of anilines is 1. The predicted molar refractivity (Wildman–Crippen MR) is 98.1 cm³/mol. The Kier molecular flexibility index (Phi) is 5.37. The molecular formula is C19H24N4O3. The smallest absolute Gasteiger partial charge is 0.253 e. The second-order valence-electron chi connectivity index (χ2n) is 6.74. The van der Waals surface area contributed by atoms with Gasteiger partial charge in [0.1, 0.15) is 5.76 Å². The van der Waals surface area contributed by atoms with Gasteiger partial charge in [-0.3, -0.25) is 14.5 Å². The molecule has 3 rings (SSSR count). The lowest BCUT2D eigenvalue weighted by atomic mass is 10.1.